The van der Waals surface area contributed by atoms with Gasteiger partial charge in [0, 0.05) is 18.2 Å². The molecule has 1 amide bonds. The number of benzene rings is 1. The third-order valence-electron chi connectivity index (χ3n) is 3.89. The molecule has 0 aromatic heterocycles. The van der Waals surface area contributed by atoms with Crippen LogP contribution in [0.15, 0.2) is 18.2 Å². The van der Waals surface area contributed by atoms with Crippen LogP contribution in [0.2, 0.25) is 0 Å². The Bertz CT molecular complexity index is 576. The number of rotatable bonds is 4. The van der Waals surface area contributed by atoms with E-state index in [0.29, 0.717) is 24.3 Å². The smallest absolute Gasteiger partial charge is 0.272 e. The Hall–Kier alpha value is -1.99. The van der Waals surface area contributed by atoms with Crippen LogP contribution in [0.4, 0.5) is 5.69 Å². The fraction of sp³-hybridized carbons (Fsp3) is 0.533. The molecule has 1 aromatic rings. The second kappa shape index (κ2) is 6.85. The maximum atomic E-state index is 12.3. The quantitative estimate of drug-likeness (QED) is 0.649. The summed E-state index contributed by atoms with van der Waals surface area (Å²) in [5, 5.41) is 17.0. The van der Waals surface area contributed by atoms with Crippen LogP contribution in [0.25, 0.3) is 0 Å². The van der Waals surface area contributed by atoms with Crippen LogP contribution < -0.4 is 10.6 Å². The first-order valence-electron chi connectivity index (χ1n) is 7.30. The Morgan fingerprint density at radius 3 is 2.91 bits per heavy atom. The van der Waals surface area contributed by atoms with E-state index in [1.807, 2.05) is 6.92 Å². The van der Waals surface area contributed by atoms with Gasteiger partial charge in [-0.3, -0.25) is 14.9 Å². The molecule has 1 aliphatic heterocycles. The summed E-state index contributed by atoms with van der Waals surface area (Å²) >= 11 is 0. The number of morpholine rings is 1. The van der Waals surface area contributed by atoms with Crippen molar-refractivity contribution in [3.8, 4) is 0 Å². The molecule has 1 fully saturated rings. The standard InChI is InChI=1S/C15H21N3O4/c1-9-4-5-12(8-13(9)18(20)21)10(2)17-15(19)14-11(3)22-7-6-16-14/h4-5,8,10-11,14,16H,6-7H2,1-3H3,(H,17,19)/t10?,11-,14+/m1/s1. The predicted molar refractivity (Wildman–Crippen MR) is 81.6 cm³/mol. The van der Waals surface area contributed by atoms with E-state index in [2.05, 4.69) is 10.6 Å². The van der Waals surface area contributed by atoms with Gasteiger partial charge in [0.25, 0.3) is 5.69 Å². The molecule has 1 saturated heterocycles. The van der Waals surface area contributed by atoms with Crippen molar-refractivity contribution in [2.45, 2.75) is 39.0 Å². The van der Waals surface area contributed by atoms with Gasteiger partial charge < -0.3 is 15.4 Å². The van der Waals surface area contributed by atoms with Crippen molar-refractivity contribution >= 4 is 11.6 Å². The lowest BCUT2D eigenvalue weighted by Crippen LogP contribution is -2.55. The van der Waals surface area contributed by atoms with Gasteiger partial charge >= 0.3 is 0 Å². The molecule has 1 aromatic carbocycles. The zero-order valence-electron chi connectivity index (χ0n) is 13.0. The fourth-order valence-electron chi connectivity index (χ4n) is 2.51. The molecule has 7 heteroatoms. The maximum absolute atomic E-state index is 12.3. The van der Waals surface area contributed by atoms with Crippen molar-refractivity contribution in [3.63, 3.8) is 0 Å². The fourth-order valence-corrected chi connectivity index (χ4v) is 2.51. The lowest BCUT2D eigenvalue weighted by Gasteiger charge is -2.30. The minimum Gasteiger partial charge on any atom is -0.375 e. The molecule has 1 heterocycles. The van der Waals surface area contributed by atoms with Gasteiger partial charge in [-0.1, -0.05) is 12.1 Å². The highest BCUT2D eigenvalue weighted by atomic mass is 16.6. The predicted octanol–water partition coefficient (Wildman–Crippen LogP) is 1.46. The number of aryl methyl sites for hydroxylation is 1. The number of hydrogen-bond donors (Lipinski definition) is 2. The number of carbonyl (C=O) groups excluding carboxylic acids is 1. The summed E-state index contributed by atoms with van der Waals surface area (Å²) in [6.07, 6.45) is -0.201. The first-order chi connectivity index (χ1) is 10.4. The van der Waals surface area contributed by atoms with Crippen LogP contribution in [0.1, 0.15) is 31.0 Å². The highest BCUT2D eigenvalue weighted by molar-refractivity contribution is 5.83. The number of carbonyl (C=O) groups is 1. The molecule has 2 rings (SSSR count). The van der Waals surface area contributed by atoms with Crippen LogP contribution in [-0.4, -0.2) is 36.1 Å². The van der Waals surface area contributed by atoms with Gasteiger partial charge in [0.15, 0.2) is 0 Å². The lowest BCUT2D eigenvalue weighted by molar-refractivity contribution is -0.385. The SMILES string of the molecule is Cc1ccc(C(C)NC(=O)[C@H]2NCCO[C@@H]2C)cc1[N+](=O)[O-]. The second-order valence-electron chi connectivity index (χ2n) is 5.54. The molecular formula is C15H21N3O4. The van der Waals surface area contributed by atoms with Crippen LogP contribution >= 0.6 is 0 Å². The molecule has 1 unspecified atom stereocenters. The minimum atomic E-state index is -0.411. The molecule has 0 bridgehead atoms. The minimum absolute atomic E-state index is 0.0612. The van der Waals surface area contributed by atoms with E-state index in [0.717, 1.165) is 0 Å². The Morgan fingerprint density at radius 2 is 2.27 bits per heavy atom. The Balaban J connectivity index is 2.08. The second-order valence-corrected chi connectivity index (χ2v) is 5.54. The van der Waals surface area contributed by atoms with E-state index in [1.54, 1.807) is 26.0 Å². The van der Waals surface area contributed by atoms with Crippen molar-refractivity contribution in [1.82, 2.24) is 10.6 Å². The number of amides is 1. The number of nitro benzene ring substituents is 1. The number of nitrogens with zero attached hydrogens (tertiary/aromatic N) is 1. The zero-order chi connectivity index (χ0) is 16.3. The van der Waals surface area contributed by atoms with E-state index < -0.39 is 11.0 Å². The van der Waals surface area contributed by atoms with Gasteiger partial charge in [-0.25, -0.2) is 0 Å². The van der Waals surface area contributed by atoms with Crippen molar-refractivity contribution in [2.75, 3.05) is 13.2 Å². The summed E-state index contributed by atoms with van der Waals surface area (Å²) in [5.41, 5.74) is 1.37. The van der Waals surface area contributed by atoms with E-state index in [-0.39, 0.29) is 23.7 Å². The van der Waals surface area contributed by atoms with Crippen LogP contribution in [0.5, 0.6) is 0 Å². The van der Waals surface area contributed by atoms with Gasteiger partial charge in [-0.15, -0.1) is 0 Å². The van der Waals surface area contributed by atoms with Gasteiger partial charge in [-0.05, 0) is 26.3 Å². The maximum Gasteiger partial charge on any atom is 0.272 e. The highest BCUT2D eigenvalue weighted by Crippen LogP contribution is 2.23. The van der Waals surface area contributed by atoms with E-state index in [9.17, 15) is 14.9 Å². The van der Waals surface area contributed by atoms with Crippen molar-refractivity contribution in [2.24, 2.45) is 0 Å². The van der Waals surface area contributed by atoms with Crippen LogP contribution in [0, 0.1) is 17.0 Å². The third-order valence-corrected chi connectivity index (χ3v) is 3.89. The Morgan fingerprint density at radius 1 is 1.55 bits per heavy atom. The van der Waals surface area contributed by atoms with Gasteiger partial charge in [-0.2, -0.15) is 0 Å². The molecule has 22 heavy (non-hydrogen) atoms. The Labute approximate surface area is 129 Å². The lowest BCUT2D eigenvalue weighted by atomic mass is 10.0. The number of nitro groups is 1. The van der Waals surface area contributed by atoms with Crippen LogP contribution in [0.3, 0.4) is 0 Å². The summed E-state index contributed by atoms with van der Waals surface area (Å²) in [4.78, 5) is 22.9. The topological polar surface area (TPSA) is 93.5 Å². The van der Waals surface area contributed by atoms with Crippen molar-refractivity contribution in [3.05, 3.63) is 39.4 Å². The molecule has 3 atom stereocenters. The largest absolute Gasteiger partial charge is 0.375 e. The van der Waals surface area contributed by atoms with E-state index >= 15 is 0 Å². The molecule has 2 N–H and O–H groups in total. The highest BCUT2D eigenvalue weighted by Gasteiger charge is 2.29. The zero-order valence-corrected chi connectivity index (χ0v) is 13.0. The van der Waals surface area contributed by atoms with E-state index in [4.69, 9.17) is 4.74 Å². The van der Waals surface area contributed by atoms with Crippen molar-refractivity contribution in [1.29, 1.82) is 0 Å². The van der Waals surface area contributed by atoms with Gasteiger partial charge in [0.05, 0.1) is 23.7 Å². The monoisotopic (exact) mass is 307 g/mol. The third kappa shape index (κ3) is 3.61. The number of nitrogens with one attached hydrogen (secondary N) is 2. The van der Waals surface area contributed by atoms with Crippen LogP contribution in [-0.2, 0) is 9.53 Å². The molecule has 1 aliphatic rings. The Kier molecular flexibility index (Phi) is 5.10. The number of ether oxygens (including phenoxy) is 1. The van der Waals surface area contributed by atoms with Gasteiger partial charge in [0.2, 0.25) is 5.91 Å². The van der Waals surface area contributed by atoms with Crippen molar-refractivity contribution < 1.29 is 14.5 Å². The molecule has 120 valence electrons. The van der Waals surface area contributed by atoms with E-state index in [1.165, 1.54) is 6.07 Å². The first-order valence-corrected chi connectivity index (χ1v) is 7.30. The summed E-state index contributed by atoms with van der Waals surface area (Å²) in [5.74, 6) is -0.164. The average Bonchev–Trinajstić information content (AvgIpc) is 2.47. The molecular weight excluding hydrogens is 286 g/mol. The molecule has 7 nitrogen and oxygen atoms in total. The normalized spacial score (nSPS) is 22.9. The summed E-state index contributed by atoms with van der Waals surface area (Å²) < 4.78 is 5.45. The summed E-state index contributed by atoms with van der Waals surface area (Å²) in [7, 11) is 0. The molecule has 0 saturated carbocycles. The van der Waals surface area contributed by atoms with Gasteiger partial charge in [0.1, 0.15) is 6.04 Å². The summed E-state index contributed by atoms with van der Waals surface area (Å²) in [6.45, 7) is 6.56. The summed E-state index contributed by atoms with van der Waals surface area (Å²) in [6, 6.07) is 4.27. The molecule has 0 spiro atoms. The average molecular weight is 307 g/mol. The first kappa shape index (κ1) is 16.4. The molecule has 0 aliphatic carbocycles. The number of hydrogen-bond acceptors (Lipinski definition) is 5. The molecule has 0 radical (unpaired) electrons.